The lowest BCUT2D eigenvalue weighted by molar-refractivity contribution is -0.161. The van der Waals surface area contributed by atoms with E-state index in [0.29, 0.717) is 5.75 Å². The monoisotopic (exact) mass is 388 g/mol. The van der Waals surface area contributed by atoms with Gasteiger partial charge in [0.1, 0.15) is 18.0 Å². The van der Waals surface area contributed by atoms with Crippen molar-refractivity contribution in [2.45, 2.75) is 70.7 Å². The van der Waals surface area contributed by atoms with Crippen LogP contribution in [0.5, 0.6) is 5.75 Å². The van der Waals surface area contributed by atoms with E-state index in [0.717, 1.165) is 25.7 Å². The molecule has 7 atom stereocenters. The SMILES string of the molecule is CC(=O)Oc1ccc2c(c1)CCC1C2CC[C@@]2(C)C1C(O)[C@H](O)C2OC(C)=O. The third kappa shape index (κ3) is 2.94. The second kappa shape index (κ2) is 6.85. The number of aryl methyl sites for hydroxylation is 1. The molecule has 0 radical (unpaired) electrons. The van der Waals surface area contributed by atoms with Crippen molar-refractivity contribution in [2.24, 2.45) is 17.3 Å². The Hall–Kier alpha value is -1.92. The van der Waals surface area contributed by atoms with Crippen LogP contribution in [0.2, 0.25) is 0 Å². The highest BCUT2D eigenvalue weighted by atomic mass is 16.6. The Morgan fingerprint density at radius 1 is 1.11 bits per heavy atom. The molecule has 3 aliphatic carbocycles. The Labute approximate surface area is 164 Å². The molecule has 2 fully saturated rings. The van der Waals surface area contributed by atoms with Gasteiger partial charge in [-0.25, -0.2) is 0 Å². The Balaban J connectivity index is 1.65. The van der Waals surface area contributed by atoms with Gasteiger partial charge in [-0.1, -0.05) is 13.0 Å². The molecule has 0 aromatic heterocycles. The van der Waals surface area contributed by atoms with E-state index in [1.165, 1.54) is 25.0 Å². The lowest BCUT2D eigenvalue weighted by Crippen LogP contribution is -2.47. The Morgan fingerprint density at radius 3 is 2.54 bits per heavy atom. The van der Waals surface area contributed by atoms with Gasteiger partial charge in [0, 0.05) is 19.3 Å². The molecule has 152 valence electrons. The van der Waals surface area contributed by atoms with Crippen molar-refractivity contribution in [1.29, 1.82) is 0 Å². The maximum atomic E-state index is 11.6. The first-order valence-electron chi connectivity index (χ1n) is 10.1. The van der Waals surface area contributed by atoms with E-state index in [9.17, 15) is 19.8 Å². The van der Waals surface area contributed by atoms with E-state index in [1.54, 1.807) is 0 Å². The zero-order chi connectivity index (χ0) is 20.2. The van der Waals surface area contributed by atoms with Crippen LogP contribution < -0.4 is 4.74 Å². The first kappa shape index (κ1) is 19.4. The largest absolute Gasteiger partial charge is 0.459 e. The summed E-state index contributed by atoms with van der Waals surface area (Å²) >= 11 is 0. The molecule has 5 unspecified atom stereocenters. The van der Waals surface area contributed by atoms with Crippen LogP contribution >= 0.6 is 0 Å². The van der Waals surface area contributed by atoms with Crippen LogP contribution in [0.1, 0.15) is 57.1 Å². The number of benzene rings is 1. The fourth-order valence-corrected chi connectivity index (χ4v) is 6.21. The summed E-state index contributed by atoms with van der Waals surface area (Å²) in [6.07, 6.45) is 0.787. The Bertz CT molecular complexity index is 804. The van der Waals surface area contributed by atoms with Crippen LogP contribution in [0.4, 0.5) is 0 Å². The molecule has 2 N–H and O–H groups in total. The van der Waals surface area contributed by atoms with Gasteiger partial charge in [0.2, 0.25) is 0 Å². The van der Waals surface area contributed by atoms with Gasteiger partial charge in [0.25, 0.3) is 0 Å². The van der Waals surface area contributed by atoms with E-state index in [-0.39, 0.29) is 23.7 Å². The van der Waals surface area contributed by atoms with Crippen molar-refractivity contribution in [3.63, 3.8) is 0 Å². The third-order valence-corrected chi connectivity index (χ3v) is 7.23. The predicted molar refractivity (Wildman–Crippen MR) is 101 cm³/mol. The maximum Gasteiger partial charge on any atom is 0.308 e. The van der Waals surface area contributed by atoms with E-state index in [2.05, 4.69) is 0 Å². The predicted octanol–water partition coefficient (Wildman–Crippen LogP) is 2.34. The number of esters is 2. The highest BCUT2D eigenvalue weighted by molar-refractivity contribution is 5.69. The summed E-state index contributed by atoms with van der Waals surface area (Å²) in [6, 6.07) is 5.81. The van der Waals surface area contributed by atoms with Crippen LogP contribution in [0.15, 0.2) is 18.2 Å². The van der Waals surface area contributed by atoms with Gasteiger partial charge in [-0.2, -0.15) is 0 Å². The number of carbonyl (C=O) groups excluding carboxylic acids is 2. The van der Waals surface area contributed by atoms with Crippen molar-refractivity contribution >= 4 is 11.9 Å². The van der Waals surface area contributed by atoms with Crippen molar-refractivity contribution in [3.8, 4) is 5.75 Å². The molecular formula is C22H28O6. The number of hydrogen-bond donors (Lipinski definition) is 2. The average molecular weight is 388 g/mol. The minimum Gasteiger partial charge on any atom is -0.459 e. The molecule has 0 bridgehead atoms. The maximum absolute atomic E-state index is 11.6. The van der Waals surface area contributed by atoms with Gasteiger partial charge in [-0.3, -0.25) is 9.59 Å². The van der Waals surface area contributed by atoms with E-state index >= 15 is 0 Å². The zero-order valence-corrected chi connectivity index (χ0v) is 16.6. The number of aliphatic hydroxyl groups is 2. The summed E-state index contributed by atoms with van der Waals surface area (Å²) in [6.45, 7) is 4.78. The van der Waals surface area contributed by atoms with Gasteiger partial charge in [-0.15, -0.1) is 0 Å². The van der Waals surface area contributed by atoms with E-state index in [1.807, 2.05) is 25.1 Å². The second-order valence-corrected chi connectivity index (χ2v) is 8.84. The lowest BCUT2D eigenvalue weighted by Gasteiger charge is -2.50. The average Bonchev–Trinajstić information content (AvgIpc) is 2.81. The summed E-state index contributed by atoms with van der Waals surface area (Å²) in [5.41, 5.74) is 2.00. The summed E-state index contributed by atoms with van der Waals surface area (Å²) < 4.78 is 10.7. The molecule has 0 aliphatic heterocycles. The number of ether oxygens (including phenoxy) is 2. The Kier molecular flexibility index (Phi) is 4.74. The van der Waals surface area contributed by atoms with Crippen LogP contribution in [0, 0.1) is 17.3 Å². The number of aliphatic hydroxyl groups excluding tert-OH is 2. The third-order valence-electron chi connectivity index (χ3n) is 7.23. The van der Waals surface area contributed by atoms with E-state index < -0.39 is 29.7 Å². The summed E-state index contributed by atoms with van der Waals surface area (Å²) in [5, 5.41) is 21.5. The molecule has 0 spiro atoms. The van der Waals surface area contributed by atoms with Crippen molar-refractivity contribution in [2.75, 3.05) is 0 Å². The first-order valence-corrected chi connectivity index (χ1v) is 10.1. The molecule has 6 nitrogen and oxygen atoms in total. The van der Waals surface area contributed by atoms with Gasteiger partial charge in [-0.05, 0) is 66.7 Å². The van der Waals surface area contributed by atoms with Crippen molar-refractivity contribution < 1.29 is 29.3 Å². The molecule has 2 saturated carbocycles. The van der Waals surface area contributed by atoms with Gasteiger partial charge >= 0.3 is 11.9 Å². The fraction of sp³-hybridized carbons (Fsp3) is 0.636. The summed E-state index contributed by atoms with van der Waals surface area (Å²) in [5.74, 6) is 0.194. The topological polar surface area (TPSA) is 93.1 Å². The molecule has 0 heterocycles. The van der Waals surface area contributed by atoms with Gasteiger partial charge in [0.05, 0.1) is 6.10 Å². The van der Waals surface area contributed by atoms with Gasteiger partial charge < -0.3 is 19.7 Å². The minimum atomic E-state index is -1.05. The highest BCUT2D eigenvalue weighted by Crippen LogP contribution is 2.61. The lowest BCUT2D eigenvalue weighted by atomic mass is 9.55. The zero-order valence-electron chi connectivity index (χ0n) is 16.6. The summed E-state index contributed by atoms with van der Waals surface area (Å²) in [4.78, 5) is 22.8. The molecule has 6 heteroatoms. The molecule has 28 heavy (non-hydrogen) atoms. The number of fused-ring (bicyclic) bond motifs is 5. The number of carbonyl (C=O) groups is 2. The molecule has 0 amide bonds. The molecule has 4 rings (SSSR count). The molecular weight excluding hydrogens is 360 g/mol. The standard InChI is InChI=1S/C22H28O6/c1-11(23)27-14-5-7-15-13(10-14)4-6-17-16(15)8-9-22(3)18(17)19(25)20(26)21(22)28-12(2)24/h5,7,10,16-21,25-26H,4,6,8-9H2,1-3H3/t16?,17?,18?,19?,20-,21?,22-/m0/s1. The van der Waals surface area contributed by atoms with Crippen LogP contribution in [-0.4, -0.2) is 40.5 Å². The van der Waals surface area contributed by atoms with Crippen LogP contribution in [0.3, 0.4) is 0 Å². The minimum absolute atomic E-state index is 0.119. The fourth-order valence-electron chi connectivity index (χ4n) is 6.21. The Morgan fingerprint density at radius 2 is 1.86 bits per heavy atom. The van der Waals surface area contributed by atoms with E-state index in [4.69, 9.17) is 9.47 Å². The summed E-state index contributed by atoms with van der Waals surface area (Å²) in [7, 11) is 0. The molecule has 3 aliphatic rings. The number of hydrogen-bond acceptors (Lipinski definition) is 6. The van der Waals surface area contributed by atoms with Crippen molar-refractivity contribution in [1.82, 2.24) is 0 Å². The van der Waals surface area contributed by atoms with Gasteiger partial charge in [0.15, 0.2) is 0 Å². The molecule has 0 saturated heterocycles. The second-order valence-electron chi connectivity index (χ2n) is 8.84. The highest BCUT2D eigenvalue weighted by Gasteiger charge is 2.64. The molecule has 1 aromatic rings. The normalized spacial score (nSPS) is 38.8. The van der Waals surface area contributed by atoms with Crippen LogP contribution in [0.25, 0.3) is 0 Å². The quantitative estimate of drug-likeness (QED) is 0.597. The molecule has 1 aromatic carbocycles. The van der Waals surface area contributed by atoms with Crippen molar-refractivity contribution in [3.05, 3.63) is 29.3 Å². The first-order chi connectivity index (χ1) is 13.2. The van der Waals surface area contributed by atoms with Crippen LogP contribution in [-0.2, 0) is 20.7 Å². The smallest absolute Gasteiger partial charge is 0.308 e. The number of rotatable bonds is 2.